The van der Waals surface area contributed by atoms with Crippen LogP contribution in [-0.2, 0) is 0 Å². The first-order valence-corrected chi connectivity index (χ1v) is 9.00. The summed E-state index contributed by atoms with van der Waals surface area (Å²) in [6, 6.07) is 13.4. The van der Waals surface area contributed by atoms with E-state index >= 15 is 0 Å². The number of benzene rings is 2. The third-order valence-corrected chi connectivity index (χ3v) is 6.32. The standard InChI is InChI=1S/C20H17BrO2/c1-10-2-5-12(21)8-14(10)20(22)11-3-6-13(7-4-11)23-16-9-15-17-18(15)19(16)17/h2-8,15-19H,9H2,1H3. The maximum absolute atomic E-state index is 12.7. The zero-order valence-corrected chi connectivity index (χ0v) is 14.4. The molecule has 0 N–H and O–H groups in total. The van der Waals surface area contributed by atoms with Crippen LogP contribution in [0.5, 0.6) is 5.75 Å². The van der Waals surface area contributed by atoms with E-state index in [9.17, 15) is 4.79 Å². The van der Waals surface area contributed by atoms with Gasteiger partial charge < -0.3 is 4.74 Å². The van der Waals surface area contributed by atoms with Crippen LogP contribution in [0.4, 0.5) is 0 Å². The molecule has 0 aliphatic heterocycles. The number of carbonyl (C=O) groups excluding carboxylic acids is 1. The predicted octanol–water partition coefficient (Wildman–Crippen LogP) is 4.63. The van der Waals surface area contributed by atoms with Crippen LogP contribution in [0.1, 0.15) is 27.9 Å². The lowest BCUT2D eigenvalue weighted by molar-refractivity contribution is 0.103. The van der Waals surface area contributed by atoms with E-state index < -0.39 is 0 Å². The summed E-state index contributed by atoms with van der Waals surface area (Å²) < 4.78 is 7.04. The normalized spacial score (nSPS) is 32.3. The van der Waals surface area contributed by atoms with Gasteiger partial charge in [-0.1, -0.05) is 22.0 Å². The van der Waals surface area contributed by atoms with Gasteiger partial charge in [0.15, 0.2) is 5.78 Å². The quantitative estimate of drug-likeness (QED) is 0.735. The lowest BCUT2D eigenvalue weighted by Crippen LogP contribution is -2.14. The van der Waals surface area contributed by atoms with E-state index in [0.717, 1.165) is 45.0 Å². The van der Waals surface area contributed by atoms with Gasteiger partial charge in [0, 0.05) is 21.5 Å². The summed E-state index contributed by atoms with van der Waals surface area (Å²) in [4.78, 5) is 12.7. The summed E-state index contributed by atoms with van der Waals surface area (Å²) in [5, 5.41) is 0. The van der Waals surface area contributed by atoms with Crippen molar-refractivity contribution >= 4 is 21.7 Å². The first kappa shape index (κ1) is 13.8. The molecule has 2 nitrogen and oxygen atoms in total. The molecular weight excluding hydrogens is 352 g/mol. The highest BCUT2D eigenvalue weighted by molar-refractivity contribution is 9.10. The second-order valence-corrected chi connectivity index (χ2v) is 8.02. The fourth-order valence-corrected chi connectivity index (χ4v) is 4.82. The average Bonchev–Trinajstić information content (AvgIpc) is 3.38. The Balaban J connectivity index is 1.34. The third-order valence-electron chi connectivity index (χ3n) is 5.82. The molecule has 4 aliphatic carbocycles. The lowest BCUT2D eigenvalue weighted by atomic mass is 9.99. The fraction of sp³-hybridized carbons (Fsp3) is 0.350. The van der Waals surface area contributed by atoms with Gasteiger partial charge in [-0.3, -0.25) is 4.79 Å². The number of hydrogen-bond donors (Lipinski definition) is 0. The minimum atomic E-state index is 0.0583. The molecule has 4 saturated carbocycles. The molecule has 0 saturated heterocycles. The van der Waals surface area contributed by atoms with Crippen molar-refractivity contribution < 1.29 is 9.53 Å². The molecule has 2 aromatic rings. The van der Waals surface area contributed by atoms with Gasteiger partial charge in [0.25, 0.3) is 0 Å². The summed E-state index contributed by atoms with van der Waals surface area (Å²) in [6.45, 7) is 1.96. The van der Waals surface area contributed by atoms with Gasteiger partial charge in [-0.15, -0.1) is 0 Å². The molecule has 4 fully saturated rings. The Morgan fingerprint density at radius 2 is 1.83 bits per heavy atom. The Labute approximate surface area is 144 Å². The zero-order valence-electron chi connectivity index (χ0n) is 12.8. The van der Waals surface area contributed by atoms with Crippen molar-refractivity contribution in [1.29, 1.82) is 0 Å². The molecular formula is C20H17BrO2. The summed E-state index contributed by atoms with van der Waals surface area (Å²) in [5.74, 6) is 4.77. The van der Waals surface area contributed by atoms with E-state index in [0.29, 0.717) is 11.7 Å². The number of rotatable bonds is 4. The molecule has 4 aliphatic rings. The van der Waals surface area contributed by atoms with Gasteiger partial charge in [-0.05, 0) is 73.1 Å². The molecule has 0 spiro atoms. The molecule has 3 atom stereocenters. The Kier molecular flexibility index (Phi) is 2.82. The van der Waals surface area contributed by atoms with Gasteiger partial charge >= 0.3 is 0 Å². The number of halogens is 1. The summed E-state index contributed by atoms with van der Waals surface area (Å²) in [7, 11) is 0. The van der Waals surface area contributed by atoms with Gasteiger partial charge in [0.2, 0.25) is 0 Å². The summed E-state index contributed by atoms with van der Waals surface area (Å²) in [5.41, 5.74) is 2.44. The highest BCUT2D eigenvalue weighted by Crippen LogP contribution is 2.82. The SMILES string of the molecule is Cc1ccc(Br)cc1C(=O)c1ccc(OC2CC3C4C2C34)cc1. The molecule has 116 valence electrons. The van der Waals surface area contributed by atoms with E-state index in [1.54, 1.807) is 0 Å². The van der Waals surface area contributed by atoms with Crippen molar-refractivity contribution in [3.8, 4) is 5.75 Å². The highest BCUT2D eigenvalue weighted by atomic mass is 79.9. The molecule has 0 amide bonds. The van der Waals surface area contributed by atoms with Gasteiger partial charge in [0.1, 0.15) is 11.9 Å². The topological polar surface area (TPSA) is 26.3 Å². The van der Waals surface area contributed by atoms with E-state index in [2.05, 4.69) is 15.9 Å². The van der Waals surface area contributed by atoms with E-state index in [1.807, 2.05) is 49.4 Å². The number of ether oxygens (including phenoxy) is 1. The molecule has 3 unspecified atom stereocenters. The van der Waals surface area contributed by atoms with Crippen LogP contribution in [-0.4, -0.2) is 11.9 Å². The second-order valence-electron chi connectivity index (χ2n) is 7.10. The van der Waals surface area contributed by atoms with Gasteiger partial charge in [-0.2, -0.15) is 0 Å². The molecule has 23 heavy (non-hydrogen) atoms. The molecule has 2 aromatic carbocycles. The van der Waals surface area contributed by atoms with Crippen molar-refractivity contribution in [3.63, 3.8) is 0 Å². The maximum Gasteiger partial charge on any atom is 0.193 e. The Morgan fingerprint density at radius 3 is 2.48 bits per heavy atom. The number of aryl methyl sites for hydroxylation is 1. The van der Waals surface area contributed by atoms with Crippen molar-refractivity contribution in [2.24, 2.45) is 23.7 Å². The molecule has 0 aromatic heterocycles. The fourth-order valence-electron chi connectivity index (χ4n) is 4.45. The van der Waals surface area contributed by atoms with Crippen molar-refractivity contribution in [2.45, 2.75) is 19.4 Å². The number of fused-ring (bicyclic) bond motifs is 1. The molecule has 6 rings (SSSR count). The van der Waals surface area contributed by atoms with Gasteiger partial charge in [-0.25, -0.2) is 0 Å². The Bertz CT molecular complexity index is 794. The lowest BCUT2D eigenvalue weighted by Gasteiger charge is -2.13. The monoisotopic (exact) mass is 368 g/mol. The van der Waals surface area contributed by atoms with Crippen LogP contribution in [0.2, 0.25) is 0 Å². The van der Waals surface area contributed by atoms with Crippen LogP contribution in [0.15, 0.2) is 46.9 Å². The van der Waals surface area contributed by atoms with E-state index in [1.165, 1.54) is 6.42 Å². The maximum atomic E-state index is 12.7. The van der Waals surface area contributed by atoms with Crippen LogP contribution in [0.3, 0.4) is 0 Å². The van der Waals surface area contributed by atoms with Crippen molar-refractivity contribution in [1.82, 2.24) is 0 Å². The zero-order chi connectivity index (χ0) is 15.7. The molecule has 0 heterocycles. The number of hydrogen-bond acceptors (Lipinski definition) is 2. The van der Waals surface area contributed by atoms with Crippen molar-refractivity contribution in [3.05, 3.63) is 63.6 Å². The summed E-state index contributed by atoms with van der Waals surface area (Å²) in [6.07, 6.45) is 1.65. The average molecular weight is 369 g/mol. The first-order chi connectivity index (χ1) is 11.1. The molecule has 0 radical (unpaired) electrons. The minimum Gasteiger partial charge on any atom is -0.490 e. The van der Waals surface area contributed by atoms with E-state index in [-0.39, 0.29) is 5.78 Å². The van der Waals surface area contributed by atoms with Crippen LogP contribution in [0.25, 0.3) is 0 Å². The summed E-state index contributed by atoms with van der Waals surface area (Å²) >= 11 is 3.44. The minimum absolute atomic E-state index is 0.0583. The second kappa shape index (κ2) is 4.70. The molecule has 3 heteroatoms. The smallest absolute Gasteiger partial charge is 0.193 e. The van der Waals surface area contributed by atoms with Gasteiger partial charge in [0.05, 0.1) is 0 Å². The largest absolute Gasteiger partial charge is 0.490 e. The Morgan fingerprint density at radius 1 is 1.09 bits per heavy atom. The van der Waals surface area contributed by atoms with E-state index in [4.69, 9.17) is 4.74 Å². The van der Waals surface area contributed by atoms with Crippen LogP contribution in [0, 0.1) is 30.6 Å². The Hall–Kier alpha value is -1.61. The number of carbonyl (C=O) groups is 1. The molecule has 2 bridgehead atoms. The first-order valence-electron chi connectivity index (χ1n) is 8.21. The van der Waals surface area contributed by atoms with Crippen LogP contribution >= 0.6 is 15.9 Å². The number of ketones is 1. The van der Waals surface area contributed by atoms with Crippen molar-refractivity contribution in [2.75, 3.05) is 0 Å². The third kappa shape index (κ3) is 2.09. The highest BCUT2D eigenvalue weighted by Gasteiger charge is 2.81. The predicted molar refractivity (Wildman–Crippen MR) is 91.7 cm³/mol. The van der Waals surface area contributed by atoms with Crippen LogP contribution < -0.4 is 4.74 Å².